The Balaban J connectivity index is 2.29. The summed E-state index contributed by atoms with van der Waals surface area (Å²) in [4.78, 5) is 1.77. The molecule has 1 aliphatic carbocycles. The highest BCUT2D eigenvalue weighted by atomic mass is 19.3. The van der Waals surface area contributed by atoms with E-state index in [0.29, 0.717) is 5.56 Å². The lowest BCUT2D eigenvalue weighted by Gasteiger charge is -2.36. The van der Waals surface area contributed by atoms with Crippen LogP contribution >= 0.6 is 0 Å². The van der Waals surface area contributed by atoms with E-state index in [9.17, 15) is 13.2 Å². The van der Waals surface area contributed by atoms with Crippen molar-refractivity contribution in [2.75, 3.05) is 7.05 Å². The molecule has 0 amide bonds. The van der Waals surface area contributed by atoms with Crippen LogP contribution in [0.1, 0.15) is 43.7 Å². The van der Waals surface area contributed by atoms with E-state index in [4.69, 9.17) is 0 Å². The summed E-state index contributed by atoms with van der Waals surface area (Å²) in [6.07, 6.45) is 3.01. The van der Waals surface area contributed by atoms with Crippen LogP contribution in [-0.2, 0) is 0 Å². The molecule has 0 spiro atoms. The van der Waals surface area contributed by atoms with E-state index in [1.807, 2.05) is 0 Å². The molecular formula is C16H20F3N. The molecule has 0 heterocycles. The quantitative estimate of drug-likeness (QED) is 0.745. The molecule has 0 N–H and O–H groups in total. The molecular weight excluding hydrogens is 263 g/mol. The lowest BCUT2D eigenvalue weighted by molar-refractivity contribution is 0.135. The van der Waals surface area contributed by atoms with Crippen molar-refractivity contribution in [2.24, 2.45) is 0 Å². The summed E-state index contributed by atoms with van der Waals surface area (Å²) in [6, 6.07) is 7.89. The van der Waals surface area contributed by atoms with Gasteiger partial charge < -0.3 is 0 Å². The first-order chi connectivity index (χ1) is 9.61. The van der Waals surface area contributed by atoms with E-state index >= 15 is 0 Å². The summed E-state index contributed by atoms with van der Waals surface area (Å²) in [5, 5.41) is 0. The van der Waals surface area contributed by atoms with Crippen LogP contribution in [0.3, 0.4) is 0 Å². The Bertz CT molecular complexity index is 448. The molecule has 0 saturated heterocycles. The van der Waals surface area contributed by atoms with Gasteiger partial charge in [-0.25, -0.2) is 4.39 Å². The normalized spacial score (nSPS) is 18.1. The predicted molar refractivity (Wildman–Crippen MR) is 74.2 cm³/mol. The Kier molecular flexibility index (Phi) is 5.24. The van der Waals surface area contributed by atoms with E-state index in [-0.39, 0.29) is 6.04 Å². The Morgan fingerprint density at radius 1 is 1.05 bits per heavy atom. The highest BCUT2D eigenvalue weighted by Crippen LogP contribution is 2.35. The fraction of sp³-hybridized carbons (Fsp3) is 0.500. The first-order valence-electron chi connectivity index (χ1n) is 7.09. The van der Waals surface area contributed by atoms with E-state index in [1.165, 1.54) is 6.42 Å². The topological polar surface area (TPSA) is 3.24 Å². The van der Waals surface area contributed by atoms with Crippen molar-refractivity contribution in [2.45, 2.75) is 44.2 Å². The molecule has 2 rings (SSSR count). The standard InChI is InChI=1S/C16H20F3N/c1-20(13-10-6-3-7-11-13)15(14(17)16(18)19)12-8-4-2-5-9-12/h2,4-5,8-9,13,15H,3,6-7,10-11H2,1H3. The van der Waals surface area contributed by atoms with Gasteiger partial charge in [0.05, 0.1) is 6.04 Å². The number of nitrogens with zero attached hydrogens (tertiary/aromatic N) is 1. The van der Waals surface area contributed by atoms with Gasteiger partial charge in [0.2, 0.25) is 0 Å². The third-order valence-electron chi connectivity index (χ3n) is 4.09. The van der Waals surface area contributed by atoms with Crippen LogP contribution in [0.4, 0.5) is 13.2 Å². The second-order valence-corrected chi connectivity index (χ2v) is 5.38. The maximum Gasteiger partial charge on any atom is 0.303 e. The van der Waals surface area contributed by atoms with Gasteiger partial charge in [0.25, 0.3) is 0 Å². The fourth-order valence-electron chi connectivity index (χ4n) is 3.00. The van der Waals surface area contributed by atoms with E-state index in [1.54, 1.807) is 42.3 Å². The number of hydrogen-bond acceptors (Lipinski definition) is 1. The van der Waals surface area contributed by atoms with Crippen LogP contribution in [0.2, 0.25) is 0 Å². The molecule has 4 heteroatoms. The number of likely N-dealkylation sites (N-methyl/N-ethyl adjacent to an activating group) is 1. The van der Waals surface area contributed by atoms with E-state index < -0.39 is 17.9 Å². The van der Waals surface area contributed by atoms with Crippen LogP contribution in [0.25, 0.3) is 0 Å². The minimum atomic E-state index is -2.22. The molecule has 1 aliphatic rings. The molecule has 1 atom stereocenters. The molecule has 20 heavy (non-hydrogen) atoms. The predicted octanol–water partition coefficient (Wildman–Crippen LogP) is 5.07. The SMILES string of the molecule is CN(C1CCCCC1)C(C(F)=C(F)F)c1ccccc1. The summed E-state index contributed by atoms with van der Waals surface area (Å²) in [6.45, 7) is 0. The Hall–Kier alpha value is -1.29. The fourth-order valence-corrected chi connectivity index (χ4v) is 3.00. The molecule has 110 valence electrons. The lowest BCUT2D eigenvalue weighted by Crippen LogP contribution is -2.37. The van der Waals surface area contributed by atoms with Crippen LogP contribution < -0.4 is 0 Å². The molecule has 1 unspecified atom stereocenters. The first kappa shape index (κ1) is 15.1. The van der Waals surface area contributed by atoms with Gasteiger partial charge in [0.15, 0.2) is 5.83 Å². The van der Waals surface area contributed by atoms with Crippen molar-refractivity contribution in [3.63, 3.8) is 0 Å². The van der Waals surface area contributed by atoms with Crippen molar-refractivity contribution in [3.05, 3.63) is 47.8 Å². The van der Waals surface area contributed by atoms with Gasteiger partial charge in [-0.15, -0.1) is 0 Å². The van der Waals surface area contributed by atoms with Crippen LogP contribution in [0.15, 0.2) is 42.2 Å². The summed E-state index contributed by atoms with van der Waals surface area (Å²) in [5.74, 6) is -1.33. The second-order valence-electron chi connectivity index (χ2n) is 5.38. The molecule has 0 aliphatic heterocycles. The zero-order valence-electron chi connectivity index (χ0n) is 11.7. The number of benzene rings is 1. The van der Waals surface area contributed by atoms with Crippen molar-refractivity contribution in [1.82, 2.24) is 4.90 Å². The van der Waals surface area contributed by atoms with Gasteiger partial charge in [-0.2, -0.15) is 8.78 Å². The Labute approximate surface area is 118 Å². The molecule has 1 saturated carbocycles. The van der Waals surface area contributed by atoms with E-state index in [2.05, 4.69) is 0 Å². The van der Waals surface area contributed by atoms with Crippen molar-refractivity contribution >= 4 is 0 Å². The second kappa shape index (κ2) is 6.93. The lowest BCUT2D eigenvalue weighted by atomic mass is 9.92. The molecule has 1 fully saturated rings. The van der Waals surface area contributed by atoms with Crippen molar-refractivity contribution < 1.29 is 13.2 Å². The van der Waals surface area contributed by atoms with E-state index in [0.717, 1.165) is 25.7 Å². The molecule has 1 nitrogen and oxygen atoms in total. The number of rotatable bonds is 4. The van der Waals surface area contributed by atoms with Crippen molar-refractivity contribution in [1.29, 1.82) is 0 Å². The zero-order valence-corrected chi connectivity index (χ0v) is 11.7. The summed E-state index contributed by atoms with van der Waals surface area (Å²) >= 11 is 0. The highest BCUT2D eigenvalue weighted by molar-refractivity contribution is 5.26. The maximum atomic E-state index is 14.0. The maximum absolute atomic E-state index is 14.0. The van der Waals surface area contributed by atoms with Gasteiger partial charge in [0.1, 0.15) is 0 Å². The molecule has 0 aromatic heterocycles. The van der Waals surface area contributed by atoms with Crippen molar-refractivity contribution in [3.8, 4) is 0 Å². The molecule has 0 radical (unpaired) electrons. The van der Waals surface area contributed by atoms with Gasteiger partial charge >= 0.3 is 6.08 Å². The van der Waals surface area contributed by atoms with Gasteiger partial charge in [-0.3, -0.25) is 4.90 Å². The highest BCUT2D eigenvalue weighted by Gasteiger charge is 2.31. The monoisotopic (exact) mass is 283 g/mol. The van der Waals surface area contributed by atoms with Crippen LogP contribution in [-0.4, -0.2) is 18.0 Å². The van der Waals surface area contributed by atoms with Gasteiger partial charge in [0, 0.05) is 6.04 Å². The largest absolute Gasteiger partial charge is 0.303 e. The first-order valence-corrected chi connectivity index (χ1v) is 7.09. The third-order valence-corrected chi connectivity index (χ3v) is 4.09. The van der Waals surface area contributed by atoms with Gasteiger partial charge in [-0.1, -0.05) is 49.6 Å². The molecule has 1 aromatic rings. The number of halogens is 3. The zero-order chi connectivity index (χ0) is 14.5. The minimum Gasteiger partial charge on any atom is -0.290 e. The molecule has 0 bridgehead atoms. The van der Waals surface area contributed by atoms with Crippen LogP contribution in [0.5, 0.6) is 0 Å². The van der Waals surface area contributed by atoms with Crippen LogP contribution in [0, 0.1) is 0 Å². The average molecular weight is 283 g/mol. The summed E-state index contributed by atoms with van der Waals surface area (Å²) in [5.41, 5.74) is 0.575. The number of hydrogen-bond donors (Lipinski definition) is 0. The molecule has 1 aromatic carbocycles. The van der Waals surface area contributed by atoms with Gasteiger partial charge in [-0.05, 0) is 25.5 Å². The smallest absolute Gasteiger partial charge is 0.290 e. The minimum absolute atomic E-state index is 0.166. The summed E-state index contributed by atoms with van der Waals surface area (Å²) < 4.78 is 39.5. The average Bonchev–Trinajstić information content (AvgIpc) is 2.49. The Morgan fingerprint density at radius 3 is 2.20 bits per heavy atom. The summed E-state index contributed by atoms with van der Waals surface area (Å²) in [7, 11) is 1.75. The third kappa shape index (κ3) is 3.42. The Morgan fingerprint density at radius 2 is 1.65 bits per heavy atom.